The number of ether oxygens (including phenoxy) is 1. The number of sulfonamides is 1. The fraction of sp³-hybridized carbons (Fsp3) is 0.385. The maximum atomic E-state index is 13.1. The van der Waals surface area contributed by atoms with Crippen molar-refractivity contribution < 1.29 is 31.1 Å². The van der Waals surface area contributed by atoms with Crippen molar-refractivity contribution in [2.75, 3.05) is 11.3 Å². The van der Waals surface area contributed by atoms with E-state index in [0.717, 1.165) is 6.20 Å². The van der Waals surface area contributed by atoms with Gasteiger partial charge in [-0.3, -0.25) is 9.40 Å². The number of aromatic nitrogens is 2. The van der Waals surface area contributed by atoms with Gasteiger partial charge in [-0.1, -0.05) is 0 Å². The summed E-state index contributed by atoms with van der Waals surface area (Å²) in [6, 6.07) is 0. The minimum Gasteiger partial charge on any atom is -0.462 e. The molecule has 0 aliphatic carbocycles. The van der Waals surface area contributed by atoms with E-state index >= 15 is 0 Å². The number of halogens is 3. The average Bonchev–Trinajstić information content (AvgIpc) is 3.03. The zero-order valence-corrected chi connectivity index (χ0v) is 15.0. The van der Waals surface area contributed by atoms with Crippen LogP contribution in [-0.2, 0) is 28.0 Å². The second kappa shape index (κ2) is 6.67. The molecule has 1 N–H and O–H groups in total. The van der Waals surface area contributed by atoms with Gasteiger partial charge in [-0.15, -0.1) is 11.3 Å². The van der Waals surface area contributed by atoms with E-state index in [0.29, 0.717) is 16.7 Å². The molecular formula is C13H14F3N3O4S2. The number of carbonyl (C=O) groups is 1. The second-order valence-corrected chi connectivity index (χ2v) is 7.43. The minimum atomic E-state index is -4.83. The lowest BCUT2D eigenvalue weighted by Gasteiger charge is -2.11. The molecule has 0 radical (unpaired) electrons. The van der Waals surface area contributed by atoms with Gasteiger partial charge in [0, 0.05) is 12.4 Å². The summed E-state index contributed by atoms with van der Waals surface area (Å²) in [5.41, 5.74) is -1.82. The Bertz CT molecular complexity index is 900. The molecule has 0 atom stereocenters. The van der Waals surface area contributed by atoms with Gasteiger partial charge in [0.25, 0.3) is 10.0 Å². The van der Waals surface area contributed by atoms with Crippen molar-refractivity contribution >= 4 is 32.3 Å². The summed E-state index contributed by atoms with van der Waals surface area (Å²) >= 11 is 0.453. The summed E-state index contributed by atoms with van der Waals surface area (Å²) in [5.74, 6) is -1.25. The predicted molar refractivity (Wildman–Crippen MR) is 84.0 cm³/mol. The highest BCUT2D eigenvalue weighted by atomic mass is 32.2. The van der Waals surface area contributed by atoms with Crippen LogP contribution in [0.25, 0.3) is 0 Å². The van der Waals surface area contributed by atoms with Crippen molar-refractivity contribution in [1.29, 1.82) is 0 Å². The zero-order valence-electron chi connectivity index (χ0n) is 13.3. The van der Waals surface area contributed by atoms with Gasteiger partial charge in [-0.25, -0.2) is 13.2 Å². The molecule has 0 saturated carbocycles. The molecule has 0 aliphatic heterocycles. The topological polar surface area (TPSA) is 90.3 Å². The number of rotatable bonds is 5. The molecule has 0 aromatic carbocycles. The Labute approximate surface area is 145 Å². The maximum Gasteiger partial charge on any atom is 0.418 e. The number of hydrogen-bond donors (Lipinski definition) is 1. The first-order chi connectivity index (χ1) is 11.5. The fourth-order valence-electron chi connectivity index (χ4n) is 1.97. The average molecular weight is 397 g/mol. The Kier molecular flexibility index (Phi) is 5.14. The molecule has 2 heterocycles. The van der Waals surface area contributed by atoms with Crippen LogP contribution in [0.1, 0.15) is 28.5 Å². The van der Waals surface area contributed by atoms with Crippen LogP contribution < -0.4 is 4.72 Å². The van der Waals surface area contributed by atoms with E-state index in [-0.39, 0.29) is 17.2 Å². The molecule has 25 heavy (non-hydrogen) atoms. The molecule has 138 valence electrons. The number of hydrogen-bond acceptors (Lipinski definition) is 6. The van der Waals surface area contributed by atoms with E-state index in [2.05, 4.69) is 9.84 Å². The lowest BCUT2D eigenvalue weighted by Crippen LogP contribution is -2.18. The molecule has 0 spiro atoms. The summed E-state index contributed by atoms with van der Waals surface area (Å²) in [6.45, 7) is 2.77. The minimum absolute atomic E-state index is 0.153. The van der Waals surface area contributed by atoms with Crippen LogP contribution in [0, 0.1) is 6.92 Å². The number of nitrogens with zero attached hydrogens (tertiary/aromatic N) is 2. The largest absolute Gasteiger partial charge is 0.462 e. The molecule has 7 nitrogen and oxygen atoms in total. The Morgan fingerprint density at radius 1 is 1.44 bits per heavy atom. The van der Waals surface area contributed by atoms with Crippen LogP contribution in [0.3, 0.4) is 0 Å². The molecule has 12 heteroatoms. The molecule has 0 amide bonds. The van der Waals surface area contributed by atoms with Crippen LogP contribution in [0.5, 0.6) is 0 Å². The predicted octanol–water partition coefficient (Wildman–Crippen LogP) is 2.79. The smallest absolute Gasteiger partial charge is 0.418 e. The second-order valence-electron chi connectivity index (χ2n) is 4.90. The van der Waals surface area contributed by atoms with Crippen molar-refractivity contribution in [1.82, 2.24) is 9.78 Å². The van der Waals surface area contributed by atoms with Gasteiger partial charge in [0.1, 0.15) is 15.5 Å². The van der Waals surface area contributed by atoms with Gasteiger partial charge >= 0.3 is 12.1 Å². The first kappa shape index (κ1) is 19.2. The molecule has 2 rings (SSSR count). The molecular weight excluding hydrogens is 383 g/mol. The number of esters is 1. The number of anilines is 1. The van der Waals surface area contributed by atoms with Crippen LogP contribution in [0.15, 0.2) is 16.5 Å². The van der Waals surface area contributed by atoms with Crippen LogP contribution in [0.2, 0.25) is 0 Å². The molecule has 0 bridgehead atoms. The van der Waals surface area contributed by atoms with Gasteiger partial charge in [-0.05, 0) is 13.8 Å². The van der Waals surface area contributed by atoms with E-state index in [4.69, 9.17) is 0 Å². The van der Waals surface area contributed by atoms with Crippen molar-refractivity contribution in [2.45, 2.75) is 24.9 Å². The summed E-state index contributed by atoms with van der Waals surface area (Å²) < 4.78 is 72.1. The highest BCUT2D eigenvalue weighted by Crippen LogP contribution is 2.40. The normalized spacial score (nSPS) is 12.2. The van der Waals surface area contributed by atoms with Gasteiger partial charge in [0.05, 0.1) is 24.1 Å². The van der Waals surface area contributed by atoms with Gasteiger partial charge in [0.15, 0.2) is 0 Å². The molecule has 2 aromatic rings. The van der Waals surface area contributed by atoms with Crippen molar-refractivity contribution in [3.63, 3.8) is 0 Å². The first-order valence-electron chi connectivity index (χ1n) is 6.86. The molecule has 0 saturated heterocycles. The van der Waals surface area contributed by atoms with Crippen molar-refractivity contribution in [3.8, 4) is 0 Å². The SMILES string of the molecule is CCOC(=O)c1c(C(F)(F)F)csc1NS(=O)(=O)c1cnn(C)c1C. The number of carbonyl (C=O) groups excluding carboxylic acids is 1. The van der Waals surface area contributed by atoms with Crippen LogP contribution >= 0.6 is 11.3 Å². The summed E-state index contributed by atoms with van der Waals surface area (Å²) in [6.07, 6.45) is -3.76. The lowest BCUT2D eigenvalue weighted by molar-refractivity contribution is -0.137. The Morgan fingerprint density at radius 3 is 2.56 bits per heavy atom. The van der Waals surface area contributed by atoms with Gasteiger partial charge < -0.3 is 4.74 Å². The van der Waals surface area contributed by atoms with Crippen molar-refractivity contribution in [3.05, 3.63) is 28.4 Å². The number of alkyl halides is 3. The monoisotopic (exact) mass is 397 g/mol. The third-order valence-electron chi connectivity index (χ3n) is 3.28. The fourth-order valence-corrected chi connectivity index (χ4v) is 4.45. The molecule has 2 aromatic heterocycles. The standard InChI is InChI=1S/C13H14F3N3O4S2/c1-4-23-12(20)10-8(13(14,15)16)6-24-11(10)18-25(21,22)9-5-17-19(3)7(9)2/h5-6,18H,4H2,1-3H3. The lowest BCUT2D eigenvalue weighted by atomic mass is 10.2. The van der Waals surface area contributed by atoms with Crippen molar-refractivity contribution in [2.24, 2.45) is 7.05 Å². The Hall–Kier alpha value is -2.08. The highest BCUT2D eigenvalue weighted by molar-refractivity contribution is 7.93. The zero-order chi connectivity index (χ0) is 19.0. The quantitative estimate of drug-likeness (QED) is 0.784. The van der Waals surface area contributed by atoms with E-state index in [9.17, 15) is 26.4 Å². The summed E-state index contributed by atoms with van der Waals surface area (Å²) in [7, 11) is -2.71. The number of thiophene rings is 1. The summed E-state index contributed by atoms with van der Waals surface area (Å²) in [4.78, 5) is 11.7. The van der Waals surface area contributed by atoms with Crippen LogP contribution in [0.4, 0.5) is 18.2 Å². The maximum absolute atomic E-state index is 13.1. The highest BCUT2D eigenvalue weighted by Gasteiger charge is 2.39. The first-order valence-corrected chi connectivity index (χ1v) is 9.22. The third kappa shape index (κ3) is 3.79. The Morgan fingerprint density at radius 2 is 2.08 bits per heavy atom. The Balaban J connectivity index is 2.51. The number of nitrogens with one attached hydrogen (secondary N) is 1. The van der Waals surface area contributed by atoms with Gasteiger partial charge in [-0.2, -0.15) is 18.3 Å². The third-order valence-corrected chi connectivity index (χ3v) is 5.76. The molecule has 0 aliphatic rings. The number of aryl methyl sites for hydroxylation is 1. The summed E-state index contributed by atoms with van der Waals surface area (Å²) in [5, 5.41) is 3.99. The van der Waals surface area contributed by atoms with Gasteiger partial charge in [0.2, 0.25) is 0 Å². The van der Waals surface area contributed by atoms with E-state index in [1.54, 1.807) is 0 Å². The van der Waals surface area contributed by atoms with E-state index < -0.39 is 38.3 Å². The van der Waals surface area contributed by atoms with E-state index in [1.807, 2.05) is 4.72 Å². The van der Waals surface area contributed by atoms with E-state index in [1.165, 1.54) is 25.6 Å². The van der Waals surface area contributed by atoms with Crippen LogP contribution in [-0.4, -0.2) is 30.8 Å². The molecule has 0 unspecified atom stereocenters. The molecule has 0 fully saturated rings.